The molecule has 2 aromatic rings. The van der Waals surface area contributed by atoms with Crippen LogP contribution in [0.1, 0.15) is 35.4 Å². The van der Waals surface area contributed by atoms with E-state index in [1.165, 1.54) is 10.5 Å². The number of fused-ring (bicyclic) bond motifs is 5. The second-order valence-electron chi connectivity index (χ2n) is 8.29. The topological polar surface area (TPSA) is 37.4 Å². The third-order valence-corrected chi connectivity index (χ3v) is 8.04. The second-order valence-corrected chi connectivity index (χ2v) is 9.15. The van der Waals surface area contributed by atoms with Crippen molar-refractivity contribution in [1.29, 1.82) is 0 Å². The Morgan fingerprint density at radius 1 is 0.889 bits per heavy atom. The van der Waals surface area contributed by atoms with Crippen molar-refractivity contribution < 1.29 is 9.59 Å². The van der Waals surface area contributed by atoms with Crippen molar-refractivity contribution in [1.82, 2.24) is 0 Å². The molecule has 3 aliphatic rings. The van der Waals surface area contributed by atoms with Gasteiger partial charge in [-0.1, -0.05) is 46.3 Å². The number of benzene rings is 2. The van der Waals surface area contributed by atoms with Crippen LogP contribution in [-0.4, -0.2) is 11.8 Å². The lowest BCUT2D eigenvalue weighted by atomic mass is 9.73. The molecule has 5 unspecified atom stereocenters. The highest BCUT2D eigenvalue weighted by atomic mass is 79.9. The van der Waals surface area contributed by atoms with Gasteiger partial charge in [-0.25, -0.2) is 4.90 Å². The molecule has 138 valence electrons. The molecule has 0 spiro atoms. The number of nitrogens with zero attached hydrogens (tertiary/aromatic N) is 1. The fourth-order valence-electron chi connectivity index (χ4n) is 5.80. The fraction of sp³-hybridized carbons (Fsp3) is 0.391. The van der Waals surface area contributed by atoms with Gasteiger partial charge in [0.2, 0.25) is 11.8 Å². The Morgan fingerprint density at radius 3 is 2.33 bits per heavy atom. The minimum absolute atomic E-state index is 0.0166. The van der Waals surface area contributed by atoms with E-state index >= 15 is 0 Å². The van der Waals surface area contributed by atoms with Crippen molar-refractivity contribution in [2.24, 2.45) is 23.7 Å². The molecular weight excluding hydrogens is 402 g/mol. The van der Waals surface area contributed by atoms with Crippen LogP contribution in [0.4, 0.5) is 5.69 Å². The minimum Gasteiger partial charge on any atom is -0.274 e. The van der Waals surface area contributed by atoms with Crippen molar-refractivity contribution in [2.75, 3.05) is 4.90 Å². The number of amides is 2. The maximum absolute atomic E-state index is 13.4. The van der Waals surface area contributed by atoms with E-state index in [0.29, 0.717) is 17.8 Å². The van der Waals surface area contributed by atoms with Gasteiger partial charge in [0.15, 0.2) is 0 Å². The van der Waals surface area contributed by atoms with Crippen LogP contribution in [0.3, 0.4) is 0 Å². The zero-order valence-corrected chi connectivity index (χ0v) is 17.1. The Balaban J connectivity index is 1.52. The zero-order valence-electron chi connectivity index (χ0n) is 15.5. The van der Waals surface area contributed by atoms with E-state index < -0.39 is 0 Å². The first-order valence-corrected chi connectivity index (χ1v) is 10.5. The van der Waals surface area contributed by atoms with Gasteiger partial charge in [-0.05, 0) is 73.3 Å². The van der Waals surface area contributed by atoms with Crippen molar-refractivity contribution >= 4 is 33.4 Å². The summed E-state index contributed by atoms with van der Waals surface area (Å²) < 4.78 is 1.01. The molecule has 1 saturated heterocycles. The van der Waals surface area contributed by atoms with Crippen LogP contribution in [0.25, 0.3) is 0 Å². The van der Waals surface area contributed by atoms with Crippen molar-refractivity contribution in [3.63, 3.8) is 0 Å². The molecule has 1 heterocycles. The summed E-state index contributed by atoms with van der Waals surface area (Å²) in [6.07, 6.45) is 2.04. The number of hydrogen-bond acceptors (Lipinski definition) is 2. The van der Waals surface area contributed by atoms with E-state index in [0.717, 1.165) is 34.1 Å². The average Bonchev–Trinajstić information content (AvgIpc) is 3.33. The summed E-state index contributed by atoms with van der Waals surface area (Å²) >= 11 is 3.54. The average molecular weight is 424 g/mol. The highest BCUT2D eigenvalue weighted by molar-refractivity contribution is 9.10. The lowest BCUT2D eigenvalue weighted by Crippen LogP contribution is -2.33. The van der Waals surface area contributed by atoms with E-state index in [4.69, 9.17) is 0 Å². The fourth-order valence-corrected chi connectivity index (χ4v) is 6.23. The predicted octanol–water partition coefficient (Wildman–Crippen LogP) is 5.00. The van der Waals surface area contributed by atoms with E-state index in [1.54, 1.807) is 0 Å². The first-order valence-electron chi connectivity index (χ1n) is 9.67. The first kappa shape index (κ1) is 17.2. The summed E-state index contributed by atoms with van der Waals surface area (Å²) in [7, 11) is 0. The lowest BCUT2D eigenvalue weighted by molar-refractivity contribution is -0.123. The minimum atomic E-state index is -0.148. The summed E-state index contributed by atoms with van der Waals surface area (Å²) in [5.41, 5.74) is 4.15. The van der Waals surface area contributed by atoms with Crippen LogP contribution in [-0.2, 0) is 9.59 Å². The zero-order chi connectivity index (χ0) is 18.9. The van der Waals surface area contributed by atoms with Crippen LogP contribution >= 0.6 is 15.9 Å². The van der Waals surface area contributed by atoms with Crippen LogP contribution in [0, 0.1) is 37.5 Å². The van der Waals surface area contributed by atoms with Crippen molar-refractivity contribution in [3.8, 4) is 0 Å². The summed E-state index contributed by atoms with van der Waals surface area (Å²) in [5.74, 6) is 0.804. The summed E-state index contributed by atoms with van der Waals surface area (Å²) in [6, 6.07) is 14.3. The summed E-state index contributed by atoms with van der Waals surface area (Å²) in [5, 5.41) is 0. The third-order valence-electron chi connectivity index (χ3n) is 7.18. The van der Waals surface area contributed by atoms with Gasteiger partial charge in [0.1, 0.15) is 0 Å². The molecule has 5 atom stereocenters. The van der Waals surface area contributed by atoms with Gasteiger partial charge in [-0.3, -0.25) is 9.59 Å². The van der Waals surface area contributed by atoms with Crippen LogP contribution in [0.2, 0.25) is 0 Å². The quantitative estimate of drug-likeness (QED) is 0.637. The Hall–Kier alpha value is -1.94. The summed E-state index contributed by atoms with van der Waals surface area (Å²) in [4.78, 5) is 28.2. The van der Waals surface area contributed by atoms with E-state index in [2.05, 4.69) is 40.2 Å². The third kappa shape index (κ3) is 2.32. The molecule has 2 amide bonds. The largest absolute Gasteiger partial charge is 0.274 e. The first-order chi connectivity index (χ1) is 13.0. The van der Waals surface area contributed by atoms with Gasteiger partial charge in [-0.2, -0.15) is 0 Å². The Bertz CT molecular complexity index is 954. The van der Waals surface area contributed by atoms with Gasteiger partial charge in [-0.15, -0.1) is 0 Å². The SMILES string of the molecule is Cc1c(Br)ccc(N2C(=O)C3C4CC(c5ccccc5)C(C4)C3C2=O)c1C. The molecule has 2 bridgehead atoms. The molecule has 0 radical (unpaired) electrons. The van der Waals surface area contributed by atoms with Crippen LogP contribution in [0.5, 0.6) is 0 Å². The number of imide groups is 1. The highest BCUT2D eigenvalue weighted by Gasteiger charge is 2.64. The summed E-state index contributed by atoms with van der Waals surface area (Å²) in [6.45, 7) is 4.01. The number of halogens is 1. The molecule has 3 fully saturated rings. The Kier molecular flexibility index (Phi) is 3.84. The molecule has 3 nitrogen and oxygen atoms in total. The molecule has 27 heavy (non-hydrogen) atoms. The van der Waals surface area contributed by atoms with Crippen molar-refractivity contribution in [2.45, 2.75) is 32.6 Å². The molecule has 4 heteroatoms. The number of anilines is 1. The van der Waals surface area contributed by atoms with Gasteiger partial charge in [0, 0.05) is 4.47 Å². The maximum Gasteiger partial charge on any atom is 0.238 e. The second kappa shape index (κ2) is 6.03. The normalized spacial score (nSPS) is 31.7. The number of hydrogen-bond donors (Lipinski definition) is 0. The molecular formula is C23H22BrNO2. The molecule has 0 N–H and O–H groups in total. The van der Waals surface area contributed by atoms with Gasteiger partial charge in [0.25, 0.3) is 0 Å². The number of carbonyl (C=O) groups excluding carboxylic acids is 2. The molecule has 0 aromatic heterocycles. The van der Waals surface area contributed by atoms with Gasteiger partial charge >= 0.3 is 0 Å². The monoisotopic (exact) mass is 423 g/mol. The van der Waals surface area contributed by atoms with Crippen LogP contribution in [0.15, 0.2) is 46.9 Å². The number of carbonyl (C=O) groups is 2. The molecule has 2 aromatic carbocycles. The molecule has 5 rings (SSSR count). The van der Waals surface area contributed by atoms with E-state index in [-0.39, 0.29) is 23.7 Å². The lowest BCUT2D eigenvalue weighted by Gasteiger charge is -2.28. The van der Waals surface area contributed by atoms with Crippen molar-refractivity contribution in [3.05, 3.63) is 63.6 Å². The maximum atomic E-state index is 13.4. The van der Waals surface area contributed by atoms with Crippen LogP contribution < -0.4 is 4.90 Å². The Labute approximate surface area is 167 Å². The highest BCUT2D eigenvalue weighted by Crippen LogP contribution is 2.62. The molecule has 2 aliphatic carbocycles. The Morgan fingerprint density at radius 2 is 1.59 bits per heavy atom. The standard InChI is InChI=1S/C23H22BrNO2/c1-12-13(2)19(9-8-18(12)24)25-22(26)20-15-10-16(14-6-4-3-5-7-14)17(11-15)21(20)23(25)27/h3-9,15-17,20-21H,10-11H2,1-2H3. The number of rotatable bonds is 2. The van der Waals surface area contributed by atoms with E-state index in [9.17, 15) is 9.59 Å². The van der Waals surface area contributed by atoms with Gasteiger partial charge in [0.05, 0.1) is 17.5 Å². The van der Waals surface area contributed by atoms with Gasteiger partial charge < -0.3 is 0 Å². The molecule has 1 aliphatic heterocycles. The smallest absolute Gasteiger partial charge is 0.238 e. The molecule has 2 saturated carbocycles. The van der Waals surface area contributed by atoms with E-state index in [1.807, 2.05) is 32.0 Å². The predicted molar refractivity (Wildman–Crippen MR) is 108 cm³/mol.